The molecule has 8 nitrogen and oxygen atoms in total. The van der Waals surface area contributed by atoms with Crippen molar-refractivity contribution >= 4 is 32.9 Å². The number of nitrogens with zero attached hydrogens (tertiary/aromatic N) is 5. The van der Waals surface area contributed by atoms with Gasteiger partial charge in [0.1, 0.15) is 29.6 Å². The number of aryl methyl sites for hydroxylation is 3. The second kappa shape index (κ2) is 7.89. The minimum absolute atomic E-state index is 0.568. The van der Waals surface area contributed by atoms with Gasteiger partial charge in [0.25, 0.3) is 0 Å². The first-order chi connectivity index (χ1) is 13.3. The van der Waals surface area contributed by atoms with Crippen LogP contribution in [0.4, 0.5) is 23.1 Å². The number of nitrogens with one attached hydrogen (secondary N) is 2. The van der Waals surface area contributed by atoms with E-state index in [-0.39, 0.29) is 0 Å². The molecule has 0 saturated carbocycles. The van der Waals surface area contributed by atoms with Gasteiger partial charge >= 0.3 is 0 Å². The molecule has 2 aromatic heterocycles. The van der Waals surface area contributed by atoms with E-state index in [1.54, 1.807) is 19.4 Å². The fourth-order valence-corrected chi connectivity index (χ4v) is 4.26. The third-order valence-electron chi connectivity index (χ3n) is 4.09. The molecule has 0 bridgehead atoms. The molecule has 3 aromatic rings. The largest absolute Gasteiger partial charge is 0.339 e. The highest BCUT2D eigenvalue weighted by atomic mass is 32.2. The van der Waals surface area contributed by atoms with Crippen molar-refractivity contribution in [1.82, 2.24) is 19.9 Å². The summed E-state index contributed by atoms with van der Waals surface area (Å²) in [5.41, 5.74) is 2.48. The van der Waals surface area contributed by atoms with Crippen molar-refractivity contribution in [2.75, 3.05) is 23.9 Å². The number of rotatable bonds is 5. The highest BCUT2D eigenvalue weighted by molar-refractivity contribution is 7.93. The molecule has 0 spiro atoms. The van der Waals surface area contributed by atoms with Gasteiger partial charge in [-0.3, -0.25) is 0 Å². The van der Waals surface area contributed by atoms with Crippen LogP contribution in [0.3, 0.4) is 0 Å². The fourth-order valence-electron chi connectivity index (χ4n) is 2.89. The molecule has 0 aliphatic rings. The number of aromatic nitrogens is 4. The van der Waals surface area contributed by atoms with Gasteiger partial charge in [-0.15, -0.1) is 0 Å². The molecule has 0 aliphatic carbocycles. The number of hydrogen-bond donors (Lipinski definition) is 2. The van der Waals surface area contributed by atoms with E-state index in [9.17, 15) is 4.21 Å². The number of hydrogen-bond acceptors (Lipinski definition) is 8. The maximum Gasteiger partial charge on any atom is 0.137 e. The van der Waals surface area contributed by atoms with Crippen LogP contribution in [0, 0.1) is 20.8 Å². The molecule has 28 heavy (non-hydrogen) atoms. The van der Waals surface area contributed by atoms with Crippen molar-refractivity contribution in [2.24, 2.45) is 4.36 Å². The Kier molecular flexibility index (Phi) is 5.55. The lowest BCUT2D eigenvalue weighted by Gasteiger charge is -2.15. The zero-order valence-electron chi connectivity index (χ0n) is 16.5. The number of anilines is 4. The van der Waals surface area contributed by atoms with Crippen LogP contribution in [-0.4, -0.2) is 37.4 Å². The zero-order valence-corrected chi connectivity index (χ0v) is 17.3. The lowest BCUT2D eigenvalue weighted by atomic mass is 10.2. The summed E-state index contributed by atoms with van der Waals surface area (Å²) in [7, 11) is -0.945. The standard InChI is InChI=1S/C19H23N7OS/c1-12-7-6-8-15(19(12)28(5,27)20-4)25-16-10-17(22-11-21-16)26-18-9-13(2)23-14(3)24-18/h6-11H,1-5H3,(H2,21,22,23,24,25,26). The Balaban J connectivity index is 1.92. The van der Waals surface area contributed by atoms with Crippen LogP contribution < -0.4 is 10.6 Å². The second-order valence-corrected chi connectivity index (χ2v) is 8.80. The van der Waals surface area contributed by atoms with Crippen LogP contribution in [0.15, 0.2) is 45.9 Å². The molecule has 0 radical (unpaired) electrons. The Bertz CT molecular complexity index is 1120. The second-order valence-electron chi connectivity index (χ2n) is 6.42. The summed E-state index contributed by atoms with van der Waals surface area (Å²) in [6.07, 6.45) is 3.09. The summed E-state index contributed by atoms with van der Waals surface area (Å²) in [5, 5.41) is 6.40. The first-order valence-corrected chi connectivity index (χ1v) is 10.6. The van der Waals surface area contributed by atoms with Crippen LogP contribution in [-0.2, 0) is 9.73 Å². The van der Waals surface area contributed by atoms with Crippen molar-refractivity contribution in [3.8, 4) is 0 Å². The van der Waals surface area contributed by atoms with Gasteiger partial charge in [-0.25, -0.2) is 28.5 Å². The Morgan fingerprint density at radius 1 is 0.964 bits per heavy atom. The predicted octanol–water partition coefficient (Wildman–Crippen LogP) is 3.77. The van der Waals surface area contributed by atoms with Gasteiger partial charge in [-0.05, 0) is 32.4 Å². The van der Waals surface area contributed by atoms with Gasteiger partial charge in [0.05, 0.1) is 20.3 Å². The van der Waals surface area contributed by atoms with Gasteiger partial charge < -0.3 is 10.6 Å². The Morgan fingerprint density at radius 2 is 1.68 bits per heavy atom. The molecule has 1 aromatic carbocycles. The van der Waals surface area contributed by atoms with E-state index in [2.05, 4.69) is 34.9 Å². The van der Waals surface area contributed by atoms with Crippen molar-refractivity contribution in [1.29, 1.82) is 0 Å². The molecule has 9 heteroatoms. The molecule has 0 saturated heterocycles. The number of benzene rings is 1. The summed E-state index contributed by atoms with van der Waals surface area (Å²) in [6, 6.07) is 9.29. The molecule has 0 fully saturated rings. The quantitative estimate of drug-likeness (QED) is 0.675. The zero-order chi connectivity index (χ0) is 20.3. The summed E-state index contributed by atoms with van der Waals surface area (Å²) in [6.45, 7) is 5.67. The molecule has 0 amide bonds. The average molecular weight is 398 g/mol. The molecular formula is C19H23N7OS. The fraction of sp³-hybridized carbons (Fsp3) is 0.263. The summed E-state index contributed by atoms with van der Waals surface area (Å²) >= 11 is 0. The molecule has 2 N–H and O–H groups in total. The maximum atomic E-state index is 12.9. The van der Waals surface area contributed by atoms with Gasteiger partial charge in [0, 0.05) is 31.1 Å². The third-order valence-corrected chi connectivity index (χ3v) is 6.09. The molecule has 2 heterocycles. The predicted molar refractivity (Wildman–Crippen MR) is 112 cm³/mol. The van der Waals surface area contributed by atoms with Crippen molar-refractivity contribution in [3.63, 3.8) is 0 Å². The van der Waals surface area contributed by atoms with Crippen LogP contribution in [0.5, 0.6) is 0 Å². The van der Waals surface area contributed by atoms with E-state index in [1.807, 2.05) is 45.0 Å². The van der Waals surface area contributed by atoms with Gasteiger partial charge in [-0.2, -0.15) is 0 Å². The first-order valence-electron chi connectivity index (χ1n) is 8.67. The van der Waals surface area contributed by atoms with Crippen molar-refractivity contribution in [2.45, 2.75) is 25.7 Å². The molecule has 146 valence electrons. The Hall–Kier alpha value is -3.07. The monoisotopic (exact) mass is 397 g/mol. The van der Waals surface area contributed by atoms with Gasteiger partial charge in [0.15, 0.2) is 0 Å². The van der Waals surface area contributed by atoms with Crippen LogP contribution in [0.25, 0.3) is 0 Å². The molecule has 1 unspecified atom stereocenters. The van der Waals surface area contributed by atoms with Crippen LogP contribution in [0.1, 0.15) is 17.1 Å². The van der Waals surface area contributed by atoms with E-state index < -0.39 is 9.73 Å². The van der Waals surface area contributed by atoms with Crippen molar-refractivity contribution in [3.05, 3.63) is 53.7 Å². The first kappa shape index (κ1) is 19.7. The van der Waals surface area contributed by atoms with E-state index >= 15 is 0 Å². The molecule has 3 rings (SSSR count). The maximum absolute atomic E-state index is 12.9. The highest BCUT2D eigenvalue weighted by Crippen LogP contribution is 2.29. The minimum atomic E-state index is -2.51. The van der Waals surface area contributed by atoms with E-state index in [1.165, 1.54) is 6.33 Å². The topological polar surface area (TPSA) is 105 Å². The normalized spacial score (nSPS) is 12.9. The molecular weight excluding hydrogens is 374 g/mol. The summed E-state index contributed by atoms with van der Waals surface area (Å²) in [5.74, 6) is 2.49. The smallest absolute Gasteiger partial charge is 0.137 e. The van der Waals surface area contributed by atoms with Crippen LogP contribution >= 0.6 is 0 Å². The summed E-state index contributed by atoms with van der Waals surface area (Å²) < 4.78 is 17.0. The third kappa shape index (κ3) is 4.42. The molecule has 1 atom stereocenters. The molecule has 0 aliphatic heterocycles. The lowest BCUT2D eigenvalue weighted by molar-refractivity contribution is 0.680. The van der Waals surface area contributed by atoms with Gasteiger partial charge in [0.2, 0.25) is 0 Å². The van der Waals surface area contributed by atoms with E-state index in [4.69, 9.17) is 0 Å². The SMILES string of the molecule is CN=S(C)(=O)c1c(C)cccc1Nc1cc(Nc2cc(C)nc(C)n2)ncn1. The lowest BCUT2D eigenvalue weighted by Crippen LogP contribution is -2.06. The highest BCUT2D eigenvalue weighted by Gasteiger charge is 2.15. The average Bonchev–Trinajstić information content (AvgIpc) is 2.61. The van der Waals surface area contributed by atoms with E-state index in [0.29, 0.717) is 33.9 Å². The van der Waals surface area contributed by atoms with Gasteiger partial charge in [-0.1, -0.05) is 12.1 Å². The summed E-state index contributed by atoms with van der Waals surface area (Å²) in [4.78, 5) is 17.8. The Morgan fingerprint density at radius 3 is 2.36 bits per heavy atom. The minimum Gasteiger partial charge on any atom is -0.339 e. The van der Waals surface area contributed by atoms with Crippen molar-refractivity contribution < 1.29 is 4.21 Å². The van der Waals surface area contributed by atoms with E-state index in [0.717, 1.165) is 11.3 Å². The van der Waals surface area contributed by atoms with Crippen LogP contribution in [0.2, 0.25) is 0 Å². The Labute approximate surface area is 165 Å².